The van der Waals surface area contributed by atoms with Crippen LogP contribution in [0.1, 0.15) is 11.1 Å². The van der Waals surface area contributed by atoms with Crippen LogP contribution in [-0.4, -0.2) is 0 Å². The van der Waals surface area contributed by atoms with Gasteiger partial charge >= 0.3 is 0 Å². The van der Waals surface area contributed by atoms with Crippen LogP contribution >= 0.6 is 0 Å². The molecule has 0 unspecified atom stereocenters. The zero-order chi connectivity index (χ0) is 13.1. The first kappa shape index (κ1) is 12.1. The summed E-state index contributed by atoms with van der Waals surface area (Å²) in [6.07, 6.45) is 0. The van der Waals surface area contributed by atoms with Crippen molar-refractivity contribution in [2.45, 2.75) is 6.92 Å². The smallest absolute Gasteiger partial charge is 0.128 e. The number of nitrogens with zero attached hydrogens (tertiary/aromatic N) is 1. The molecule has 2 aromatic rings. The summed E-state index contributed by atoms with van der Waals surface area (Å²) in [5.41, 5.74) is 1.67. The minimum absolute atomic E-state index is 0.213. The molecule has 2 nitrogen and oxygen atoms in total. The Morgan fingerprint density at radius 3 is 2.50 bits per heavy atom. The van der Waals surface area contributed by atoms with Crippen molar-refractivity contribution in [3.63, 3.8) is 0 Å². The monoisotopic (exact) mass is 244 g/mol. The lowest BCUT2D eigenvalue weighted by atomic mass is 10.2. The Morgan fingerprint density at radius 1 is 1.06 bits per heavy atom. The highest BCUT2D eigenvalue weighted by molar-refractivity contribution is 5.61. The van der Waals surface area contributed by atoms with Crippen LogP contribution in [0.5, 0.6) is 0 Å². The summed E-state index contributed by atoms with van der Waals surface area (Å²) >= 11 is 0. The molecule has 0 saturated heterocycles. The fourth-order valence-corrected chi connectivity index (χ4v) is 1.56. The lowest BCUT2D eigenvalue weighted by Crippen LogP contribution is -1.94. The Labute approximate surface area is 103 Å². The number of hydrogen-bond acceptors (Lipinski definition) is 2. The number of benzene rings is 2. The summed E-state index contributed by atoms with van der Waals surface area (Å²) in [5.74, 6) is -0.846. The second-order valence-corrected chi connectivity index (χ2v) is 3.93. The fraction of sp³-hybridized carbons (Fsp3) is 0.0714. The van der Waals surface area contributed by atoms with Gasteiger partial charge in [0.25, 0.3) is 0 Å². The van der Waals surface area contributed by atoms with Crippen molar-refractivity contribution >= 4 is 11.4 Å². The van der Waals surface area contributed by atoms with Gasteiger partial charge in [-0.3, -0.25) is 0 Å². The number of anilines is 2. The average molecular weight is 244 g/mol. The molecule has 0 aromatic heterocycles. The molecule has 0 radical (unpaired) electrons. The van der Waals surface area contributed by atoms with Crippen molar-refractivity contribution < 1.29 is 8.78 Å². The predicted octanol–water partition coefficient (Wildman–Crippen LogP) is 3.89. The SMILES string of the molecule is Cc1ccc(Nc2cc(F)cc(C#N)c2)cc1F. The van der Waals surface area contributed by atoms with Crippen molar-refractivity contribution in [3.8, 4) is 6.07 Å². The lowest BCUT2D eigenvalue weighted by molar-refractivity contribution is 0.619. The highest BCUT2D eigenvalue weighted by atomic mass is 19.1. The van der Waals surface area contributed by atoms with Gasteiger partial charge in [0.15, 0.2) is 0 Å². The molecule has 2 aromatic carbocycles. The van der Waals surface area contributed by atoms with Gasteiger partial charge in [0.1, 0.15) is 11.6 Å². The van der Waals surface area contributed by atoms with E-state index in [0.717, 1.165) is 6.07 Å². The van der Waals surface area contributed by atoms with E-state index in [1.165, 1.54) is 18.2 Å². The number of aryl methyl sites for hydroxylation is 1. The Bertz CT molecular complexity index is 630. The highest BCUT2D eigenvalue weighted by Crippen LogP contribution is 2.21. The maximum atomic E-state index is 13.3. The minimum Gasteiger partial charge on any atom is -0.355 e. The summed E-state index contributed by atoms with van der Waals surface area (Å²) in [6.45, 7) is 1.66. The summed E-state index contributed by atoms with van der Waals surface area (Å²) in [4.78, 5) is 0. The van der Waals surface area contributed by atoms with Gasteiger partial charge in [-0.25, -0.2) is 8.78 Å². The van der Waals surface area contributed by atoms with Crippen molar-refractivity contribution in [3.05, 3.63) is 59.2 Å². The normalized spacial score (nSPS) is 9.89. The Hall–Kier alpha value is -2.41. The van der Waals surface area contributed by atoms with Crippen LogP contribution in [0.25, 0.3) is 0 Å². The minimum atomic E-state index is -0.510. The number of nitriles is 1. The van der Waals surface area contributed by atoms with E-state index < -0.39 is 5.82 Å². The first-order valence-electron chi connectivity index (χ1n) is 5.32. The van der Waals surface area contributed by atoms with Gasteiger partial charge < -0.3 is 5.32 Å². The molecule has 0 atom stereocenters. The van der Waals surface area contributed by atoms with Crippen LogP contribution in [0, 0.1) is 29.9 Å². The van der Waals surface area contributed by atoms with Gasteiger partial charge in [-0.2, -0.15) is 5.26 Å². The molecule has 4 heteroatoms. The number of nitrogens with one attached hydrogen (secondary N) is 1. The molecule has 0 aliphatic rings. The van der Waals surface area contributed by atoms with Crippen molar-refractivity contribution in [2.75, 3.05) is 5.32 Å². The van der Waals surface area contributed by atoms with E-state index in [9.17, 15) is 8.78 Å². The Morgan fingerprint density at radius 2 is 1.83 bits per heavy atom. The number of rotatable bonds is 2. The molecule has 0 spiro atoms. The summed E-state index contributed by atoms with van der Waals surface area (Å²) < 4.78 is 26.5. The average Bonchev–Trinajstić information content (AvgIpc) is 2.33. The molecular formula is C14H10F2N2. The van der Waals surface area contributed by atoms with Crippen LogP contribution in [0.15, 0.2) is 36.4 Å². The molecule has 0 amide bonds. The molecule has 90 valence electrons. The van der Waals surface area contributed by atoms with Crippen LogP contribution in [-0.2, 0) is 0 Å². The van der Waals surface area contributed by atoms with E-state index >= 15 is 0 Å². The molecule has 18 heavy (non-hydrogen) atoms. The third kappa shape index (κ3) is 2.64. The highest BCUT2D eigenvalue weighted by Gasteiger charge is 2.03. The van der Waals surface area contributed by atoms with Crippen molar-refractivity contribution in [2.24, 2.45) is 0 Å². The lowest BCUT2D eigenvalue weighted by Gasteiger charge is -2.08. The van der Waals surface area contributed by atoms with Crippen molar-refractivity contribution in [1.29, 1.82) is 5.26 Å². The second-order valence-electron chi connectivity index (χ2n) is 3.93. The van der Waals surface area contributed by atoms with E-state index in [2.05, 4.69) is 5.32 Å². The number of hydrogen-bond donors (Lipinski definition) is 1. The Kier molecular flexibility index (Phi) is 3.24. The molecule has 0 saturated carbocycles. The predicted molar refractivity (Wildman–Crippen MR) is 65.5 cm³/mol. The topological polar surface area (TPSA) is 35.8 Å². The summed E-state index contributed by atoms with van der Waals surface area (Å²) in [6, 6.07) is 10.4. The van der Waals surface area contributed by atoms with E-state index in [4.69, 9.17) is 5.26 Å². The van der Waals surface area contributed by atoms with Crippen LogP contribution in [0.4, 0.5) is 20.2 Å². The third-order valence-electron chi connectivity index (χ3n) is 2.49. The molecule has 0 heterocycles. The largest absolute Gasteiger partial charge is 0.355 e. The van der Waals surface area contributed by atoms with E-state index in [1.807, 2.05) is 6.07 Å². The van der Waals surface area contributed by atoms with Gasteiger partial charge in [0.2, 0.25) is 0 Å². The quantitative estimate of drug-likeness (QED) is 0.869. The Balaban J connectivity index is 2.31. The van der Waals surface area contributed by atoms with Gasteiger partial charge in [-0.15, -0.1) is 0 Å². The van der Waals surface area contributed by atoms with Crippen molar-refractivity contribution in [1.82, 2.24) is 0 Å². The molecule has 0 aliphatic heterocycles. The van der Waals surface area contributed by atoms with E-state index in [0.29, 0.717) is 16.9 Å². The maximum Gasteiger partial charge on any atom is 0.128 e. The van der Waals surface area contributed by atoms with Crippen LogP contribution in [0.3, 0.4) is 0 Å². The first-order chi connectivity index (χ1) is 8.58. The van der Waals surface area contributed by atoms with Gasteiger partial charge in [0, 0.05) is 11.4 Å². The van der Waals surface area contributed by atoms with Gasteiger partial charge in [-0.05, 0) is 42.8 Å². The zero-order valence-corrected chi connectivity index (χ0v) is 9.67. The molecule has 1 N–H and O–H groups in total. The van der Waals surface area contributed by atoms with Crippen LogP contribution in [0.2, 0.25) is 0 Å². The van der Waals surface area contributed by atoms with E-state index in [1.54, 1.807) is 19.1 Å². The molecule has 0 fully saturated rings. The summed E-state index contributed by atoms with van der Waals surface area (Å²) in [5, 5.41) is 11.6. The molecule has 0 bridgehead atoms. The molecular weight excluding hydrogens is 234 g/mol. The molecule has 2 rings (SSSR count). The third-order valence-corrected chi connectivity index (χ3v) is 2.49. The standard InChI is InChI=1S/C14H10F2N2/c1-9-2-3-12(7-14(9)16)18-13-5-10(8-17)4-11(15)6-13/h2-7,18H,1H3. The van der Waals surface area contributed by atoms with E-state index in [-0.39, 0.29) is 11.4 Å². The van der Waals surface area contributed by atoms with Gasteiger partial charge in [-0.1, -0.05) is 6.07 Å². The maximum absolute atomic E-state index is 13.3. The van der Waals surface area contributed by atoms with Crippen LogP contribution < -0.4 is 5.32 Å². The van der Waals surface area contributed by atoms with Gasteiger partial charge in [0.05, 0.1) is 11.6 Å². The first-order valence-corrected chi connectivity index (χ1v) is 5.32. The second kappa shape index (κ2) is 4.84. The zero-order valence-electron chi connectivity index (χ0n) is 9.67. The molecule has 0 aliphatic carbocycles. The summed E-state index contributed by atoms with van der Waals surface area (Å²) in [7, 11) is 0. The fourth-order valence-electron chi connectivity index (χ4n) is 1.56. The number of halogens is 2.